The lowest BCUT2D eigenvalue weighted by molar-refractivity contribution is -0.114. The molecule has 0 unspecified atom stereocenters. The van der Waals surface area contributed by atoms with Gasteiger partial charge >= 0.3 is 0 Å². The van der Waals surface area contributed by atoms with Crippen LogP contribution in [-0.4, -0.2) is 5.78 Å². The van der Waals surface area contributed by atoms with Gasteiger partial charge in [-0.2, -0.15) is 0 Å². The molecule has 0 aliphatic heterocycles. The average molecular weight is 166 g/mol. The first-order valence-corrected chi connectivity index (χ1v) is 4.99. The Morgan fingerprint density at radius 1 is 1.00 bits per heavy atom. The van der Waals surface area contributed by atoms with E-state index >= 15 is 0 Å². The van der Waals surface area contributed by atoms with E-state index in [1.807, 2.05) is 6.08 Å². The Balaban J connectivity index is 2.46. The molecule has 0 saturated carbocycles. The summed E-state index contributed by atoms with van der Waals surface area (Å²) < 4.78 is 0. The van der Waals surface area contributed by atoms with E-state index in [2.05, 4.69) is 6.92 Å². The van der Waals surface area contributed by atoms with Gasteiger partial charge in [-0.1, -0.05) is 24.8 Å². The zero-order valence-electron chi connectivity index (χ0n) is 7.94. The summed E-state index contributed by atoms with van der Waals surface area (Å²) in [5.41, 5.74) is 1.27. The third kappa shape index (κ3) is 3.70. The minimum absolute atomic E-state index is 0.328. The third-order valence-electron chi connectivity index (χ3n) is 2.40. The van der Waals surface area contributed by atoms with Crippen LogP contribution in [0.3, 0.4) is 0 Å². The number of hydrogen-bond donors (Lipinski definition) is 0. The number of rotatable bonds is 0. The number of carbonyl (C=O) groups excluding carboxylic acids is 1. The molecule has 1 aliphatic rings. The predicted octanol–water partition coefficient (Wildman–Crippen LogP) is 3.25. The summed E-state index contributed by atoms with van der Waals surface area (Å²) in [5.74, 6) is 0.328. The van der Waals surface area contributed by atoms with Crippen molar-refractivity contribution in [1.29, 1.82) is 0 Å². The quantitative estimate of drug-likeness (QED) is 0.540. The van der Waals surface area contributed by atoms with Crippen LogP contribution in [-0.2, 0) is 4.79 Å². The maximum atomic E-state index is 11.2. The molecule has 0 bridgehead atoms. The molecule has 0 spiro atoms. The fraction of sp³-hybridized carbons (Fsp3) is 0.727. The van der Waals surface area contributed by atoms with E-state index in [0.29, 0.717) is 5.78 Å². The van der Waals surface area contributed by atoms with Gasteiger partial charge in [0.15, 0.2) is 5.78 Å². The number of allylic oxidation sites excluding steroid dienone is 2. The van der Waals surface area contributed by atoms with Crippen molar-refractivity contribution in [3.63, 3.8) is 0 Å². The SMILES string of the molecule is C/C1=C/C(=O)CCCCCCC1. The van der Waals surface area contributed by atoms with Crippen LogP contribution >= 0.6 is 0 Å². The van der Waals surface area contributed by atoms with E-state index in [1.54, 1.807) is 0 Å². The Morgan fingerprint density at radius 2 is 1.58 bits per heavy atom. The number of ketones is 1. The standard InChI is InChI=1S/C11H18O/c1-10-7-5-3-2-4-6-8-11(12)9-10/h9H,2-8H2,1H3/b10-9-. The van der Waals surface area contributed by atoms with Crippen molar-refractivity contribution >= 4 is 5.78 Å². The summed E-state index contributed by atoms with van der Waals surface area (Å²) in [6.07, 6.45) is 9.94. The van der Waals surface area contributed by atoms with Gasteiger partial charge in [-0.05, 0) is 32.3 Å². The summed E-state index contributed by atoms with van der Waals surface area (Å²) in [5, 5.41) is 0. The summed E-state index contributed by atoms with van der Waals surface area (Å²) in [6, 6.07) is 0. The number of carbonyl (C=O) groups is 1. The summed E-state index contributed by atoms with van der Waals surface area (Å²) in [4.78, 5) is 11.2. The highest BCUT2D eigenvalue weighted by Gasteiger charge is 2.02. The summed E-state index contributed by atoms with van der Waals surface area (Å²) in [7, 11) is 0. The first kappa shape index (κ1) is 9.50. The van der Waals surface area contributed by atoms with E-state index in [1.165, 1.54) is 31.3 Å². The Morgan fingerprint density at radius 3 is 2.33 bits per heavy atom. The van der Waals surface area contributed by atoms with Crippen LogP contribution in [0.15, 0.2) is 11.6 Å². The molecule has 1 heteroatoms. The zero-order valence-corrected chi connectivity index (χ0v) is 7.94. The third-order valence-corrected chi connectivity index (χ3v) is 2.40. The molecule has 0 amide bonds. The molecule has 1 rings (SSSR count). The van der Waals surface area contributed by atoms with Crippen molar-refractivity contribution < 1.29 is 4.79 Å². The fourth-order valence-corrected chi connectivity index (χ4v) is 1.65. The second kappa shape index (κ2) is 5.13. The molecule has 0 aromatic carbocycles. The smallest absolute Gasteiger partial charge is 0.155 e. The van der Waals surface area contributed by atoms with Gasteiger partial charge in [0.1, 0.15) is 0 Å². The lowest BCUT2D eigenvalue weighted by atomic mass is 10.0. The van der Waals surface area contributed by atoms with Crippen LogP contribution in [0.2, 0.25) is 0 Å². The first-order chi connectivity index (χ1) is 5.79. The minimum Gasteiger partial charge on any atom is -0.295 e. The topological polar surface area (TPSA) is 17.1 Å². The highest BCUT2D eigenvalue weighted by molar-refractivity contribution is 5.90. The predicted molar refractivity (Wildman–Crippen MR) is 51.1 cm³/mol. The maximum absolute atomic E-state index is 11.2. The van der Waals surface area contributed by atoms with Gasteiger partial charge in [0.25, 0.3) is 0 Å². The Bertz CT molecular complexity index is 179. The molecule has 1 nitrogen and oxygen atoms in total. The lowest BCUT2D eigenvalue weighted by Crippen LogP contribution is -1.96. The molecule has 0 saturated heterocycles. The molecule has 0 aromatic rings. The van der Waals surface area contributed by atoms with Gasteiger partial charge in [0, 0.05) is 6.42 Å². The van der Waals surface area contributed by atoms with Crippen molar-refractivity contribution in [2.24, 2.45) is 0 Å². The van der Waals surface area contributed by atoms with Crippen LogP contribution in [0, 0.1) is 0 Å². The van der Waals surface area contributed by atoms with Gasteiger partial charge in [0.2, 0.25) is 0 Å². The molecule has 0 heterocycles. The zero-order chi connectivity index (χ0) is 8.81. The molecule has 0 N–H and O–H groups in total. The summed E-state index contributed by atoms with van der Waals surface area (Å²) >= 11 is 0. The van der Waals surface area contributed by atoms with Gasteiger partial charge in [-0.3, -0.25) is 4.79 Å². The molecular formula is C11H18O. The van der Waals surface area contributed by atoms with Gasteiger partial charge in [-0.15, -0.1) is 0 Å². The second-order valence-electron chi connectivity index (χ2n) is 3.72. The average Bonchev–Trinajstić information content (AvgIpc) is 2.02. The van der Waals surface area contributed by atoms with E-state index < -0.39 is 0 Å². The van der Waals surface area contributed by atoms with Gasteiger partial charge in [-0.25, -0.2) is 0 Å². The normalized spacial score (nSPS) is 26.1. The van der Waals surface area contributed by atoms with Crippen molar-refractivity contribution in [1.82, 2.24) is 0 Å². The number of hydrogen-bond acceptors (Lipinski definition) is 1. The second-order valence-corrected chi connectivity index (χ2v) is 3.72. The maximum Gasteiger partial charge on any atom is 0.155 e. The van der Waals surface area contributed by atoms with Crippen LogP contribution in [0.1, 0.15) is 51.9 Å². The van der Waals surface area contributed by atoms with Crippen LogP contribution < -0.4 is 0 Å². The van der Waals surface area contributed by atoms with Crippen LogP contribution in [0.25, 0.3) is 0 Å². The molecule has 0 aromatic heterocycles. The Labute approximate surface area is 74.9 Å². The van der Waals surface area contributed by atoms with E-state index in [4.69, 9.17) is 0 Å². The van der Waals surface area contributed by atoms with Gasteiger partial charge < -0.3 is 0 Å². The monoisotopic (exact) mass is 166 g/mol. The molecule has 0 fully saturated rings. The van der Waals surface area contributed by atoms with Crippen LogP contribution in [0.4, 0.5) is 0 Å². The van der Waals surface area contributed by atoms with Gasteiger partial charge in [0.05, 0.1) is 0 Å². The van der Waals surface area contributed by atoms with E-state index in [9.17, 15) is 4.79 Å². The van der Waals surface area contributed by atoms with Crippen molar-refractivity contribution in [2.75, 3.05) is 0 Å². The first-order valence-electron chi connectivity index (χ1n) is 4.99. The van der Waals surface area contributed by atoms with Crippen LogP contribution in [0.5, 0.6) is 0 Å². The van der Waals surface area contributed by atoms with Crippen molar-refractivity contribution in [2.45, 2.75) is 51.9 Å². The Kier molecular flexibility index (Phi) is 4.06. The highest BCUT2D eigenvalue weighted by atomic mass is 16.1. The van der Waals surface area contributed by atoms with Crippen molar-refractivity contribution in [3.05, 3.63) is 11.6 Å². The molecule has 1 aliphatic carbocycles. The largest absolute Gasteiger partial charge is 0.295 e. The summed E-state index contributed by atoms with van der Waals surface area (Å²) in [6.45, 7) is 2.07. The molecule has 12 heavy (non-hydrogen) atoms. The molecule has 68 valence electrons. The minimum atomic E-state index is 0.328. The van der Waals surface area contributed by atoms with Crippen molar-refractivity contribution in [3.8, 4) is 0 Å². The van der Waals surface area contributed by atoms with E-state index in [0.717, 1.165) is 19.3 Å². The molecular weight excluding hydrogens is 148 g/mol. The molecule has 0 atom stereocenters. The highest BCUT2D eigenvalue weighted by Crippen LogP contribution is 2.14. The van der Waals surface area contributed by atoms with E-state index in [-0.39, 0.29) is 0 Å². The molecule has 0 radical (unpaired) electrons. The Hall–Kier alpha value is -0.590. The fourth-order valence-electron chi connectivity index (χ4n) is 1.65. The lowest BCUT2D eigenvalue weighted by Gasteiger charge is -2.05.